The number of hydrogen-bond donors (Lipinski definition) is 0. The molecule has 0 amide bonds. The molecule has 0 aromatic heterocycles. The van der Waals surface area contributed by atoms with Crippen LogP contribution in [-0.4, -0.2) is 13.9 Å². The van der Waals surface area contributed by atoms with E-state index in [1.165, 1.54) is 44.5 Å². The molecule has 0 aliphatic rings. The molecule has 4 aromatic rings. The van der Waals surface area contributed by atoms with Gasteiger partial charge < -0.3 is 14.4 Å². The molecule has 4 rings (SSSR count). The van der Waals surface area contributed by atoms with E-state index in [-0.39, 0.29) is 17.4 Å². The summed E-state index contributed by atoms with van der Waals surface area (Å²) in [5.41, 5.74) is 8.98. The normalized spacial score (nSPS) is 12.2. The van der Waals surface area contributed by atoms with Crippen LogP contribution >= 0.6 is 8.58 Å². The molecule has 0 aliphatic heterocycles. The van der Waals surface area contributed by atoms with E-state index in [0.29, 0.717) is 8.58 Å². The largest absolute Gasteiger partial charge is 0.467 e. The first kappa shape index (κ1) is 31.8. The van der Waals surface area contributed by atoms with Gasteiger partial charge in [-0.3, -0.25) is 0 Å². The Bertz CT molecular complexity index is 1400. The summed E-state index contributed by atoms with van der Waals surface area (Å²) in [7, 11) is 2.28. The monoisotopic (exact) mass is 581 g/mol. The summed E-state index contributed by atoms with van der Waals surface area (Å²) in [4.78, 5) is 2.43. The van der Waals surface area contributed by atoms with Crippen molar-refractivity contribution in [2.45, 2.75) is 78.4 Å². The Labute approximate surface area is 256 Å². The Kier molecular flexibility index (Phi) is 10.5. The lowest BCUT2D eigenvalue weighted by atomic mass is 9.81. The maximum atomic E-state index is 6.35. The van der Waals surface area contributed by atoms with Gasteiger partial charge in [0.25, 0.3) is 0 Å². The average molecular weight is 582 g/mol. The van der Waals surface area contributed by atoms with Gasteiger partial charge in [-0.05, 0) is 83.9 Å². The summed E-state index contributed by atoms with van der Waals surface area (Å²) < 4.78 is 11.7. The minimum absolute atomic E-state index is 0.0370. The number of nitrogens with zero attached hydrogens (tertiary/aromatic N) is 1. The number of anilines is 2. The van der Waals surface area contributed by atoms with Crippen LogP contribution in [0.1, 0.15) is 75.3 Å². The molecule has 1 atom stereocenters. The summed E-state index contributed by atoms with van der Waals surface area (Å²) in [5.74, 6) is 0.978. The topological polar surface area (TPSA) is 21.7 Å². The lowest BCUT2D eigenvalue weighted by Gasteiger charge is -2.37. The van der Waals surface area contributed by atoms with E-state index in [1.807, 2.05) is 0 Å². The highest BCUT2D eigenvalue weighted by Gasteiger charge is 2.35. The molecule has 0 saturated heterocycles. The van der Waals surface area contributed by atoms with Crippen LogP contribution in [0.4, 0.5) is 11.4 Å². The van der Waals surface area contributed by atoms with Gasteiger partial charge in [-0.2, -0.15) is 0 Å². The minimum Gasteiger partial charge on any atom is -0.467 e. The Balaban J connectivity index is 1.85. The van der Waals surface area contributed by atoms with Crippen molar-refractivity contribution >= 4 is 25.3 Å². The highest BCUT2D eigenvalue weighted by atomic mass is 31.1. The minimum atomic E-state index is -0.0692. The van der Waals surface area contributed by atoms with E-state index in [9.17, 15) is 0 Å². The van der Waals surface area contributed by atoms with Gasteiger partial charge in [0.1, 0.15) is 5.75 Å². The molecule has 0 fully saturated rings. The van der Waals surface area contributed by atoms with Crippen molar-refractivity contribution in [3.05, 3.63) is 119 Å². The SMILES string of the molecule is CCC(CC)(Pc1c(C)cccc1CN(c1ccccc1)c1ccccc1)c1cc(C(C)(C)C)cc(C)c1OCOC. The molecule has 42 heavy (non-hydrogen) atoms. The third-order valence-corrected chi connectivity index (χ3v) is 10.8. The van der Waals surface area contributed by atoms with Crippen molar-refractivity contribution in [2.75, 3.05) is 18.8 Å². The predicted molar refractivity (Wildman–Crippen MR) is 182 cm³/mol. The molecule has 0 aliphatic carbocycles. The standard InChI is InChI=1S/C38H48NO2P/c1-9-38(10-2,34-25-31(37(5,6)7)24-29(4)35(34)41-27-40-8)42-36-28(3)18-17-19-30(36)26-39(32-20-13-11-14-21-32)33-22-15-12-16-23-33/h11-25,42H,9-10,26-27H2,1-8H3. The second-order valence-electron chi connectivity index (χ2n) is 12.3. The molecule has 222 valence electrons. The van der Waals surface area contributed by atoms with Gasteiger partial charge in [0, 0.05) is 35.7 Å². The summed E-state index contributed by atoms with van der Waals surface area (Å²) in [5, 5.41) is 1.38. The second kappa shape index (κ2) is 13.9. The number of rotatable bonds is 12. The molecule has 3 nitrogen and oxygen atoms in total. The predicted octanol–water partition coefficient (Wildman–Crippen LogP) is 9.94. The number of benzene rings is 4. The number of ether oxygens (including phenoxy) is 2. The van der Waals surface area contributed by atoms with Gasteiger partial charge >= 0.3 is 0 Å². The lowest BCUT2D eigenvalue weighted by Crippen LogP contribution is -2.28. The number of methoxy groups -OCH3 is 1. The van der Waals surface area contributed by atoms with E-state index in [2.05, 4.69) is 144 Å². The molecule has 4 aromatic carbocycles. The van der Waals surface area contributed by atoms with Crippen molar-refractivity contribution in [3.8, 4) is 5.75 Å². The van der Waals surface area contributed by atoms with Crippen molar-refractivity contribution in [1.29, 1.82) is 0 Å². The summed E-state index contributed by atoms with van der Waals surface area (Å²) >= 11 is 0. The molecular formula is C38H48NO2P. The van der Waals surface area contributed by atoms with Crippen LogP contribution in [0.2, 0.25) is 0 Å². The summed E-state index contributed by atoms with van der Waals surface area (Å²) in [6.07, 6.45) is 2.04. The zero-order valence-corrected chi connectivity index (χ0v) is 27.8. The first-order valence-electron chi connectivity index (χ1n) is 15.1. The molecule has 1 unspecified atom stereocenters. The Hall–Kier alpha value is -3.13. The van der Waals surface area contributed by atoms with Crippen LogP contribution in [0.25, 0.3) is 0 Å². The molecule has 0 heterocycles. The van der Waals surface area contributed by atoms with Crippen LogP contribution in [0, 0.1) is 13.8 Å². The molecule has 0 saturated carbocycles. The van der Waals surface area contributed by atoms with E-state index in [4.69, 9.17) is 9.47 Å². The molecule has 0 spiro atoms. The zero-order valence-electron chi connectivity index (χ0n) is 26.8. The van der Waals surface area contributed by atoms with Crippen LogP contribution < -0.4 is 14.9 Å². The maximum absolute atomic E-state index is 6.35. The van der Waals surface area contributed by atoms with Gasteiger partial charge in [0.2, 0.25) is 0 Å². The lowest BCUT2D eigenvalue weighted by molar-refractivity contribution is 0.0494. The smallest absolute Gasteiger partial charge is 0.188 e. The molecule has 0 bridgehead atoms. The van der Waals surface area contributed by atoms with Crippen LogP contribution in [0.15, 0.2) is 91.0 Å². The van der Waals surface area contributed by atoms with Crippen molar-refractivity contribution in [2.24, 2.45) is 0 Å². The quantitative estimate of drug-likeness (QED) is 0.123. The van der Waals surface area contributed by atoms with Gasteiger partial charge in [0.15, 0.2) is 6.79 Å². The Morgan fingerprint density at radius 1 is 0.738 bits per heavy atom. The third-order valence-electron chi connectivity index (χ3n) is 8.37. The molecule has 4 heteroatoms. The second-order valence-corrected chi connectivity index (χ2v) is 14.0. The number of hydrogen-bond acceptors (Lipinski definition) is 3. The zero-order chi connectivity index (χ0) is 30.3. The summed E-state index contributed by atoms with van der Waals surface area (Å²) in [6.45, 7) is 17.1. The van der Waals surface area contributed by atoms with Crippen LogP contribution in [0.5, 0.6) is 5.75 Å². The highest BCUT2D eigenvalue weighted by molar-refractivity contribution is 7.48. The number of para-hydroxylation sites is 2. The van der Waals surface area contributed by atoms with Gasteiger partial charge in [-0.25, -0.2) is 0 Å². The van der Waals surface area contributed by atoms with Gasteiger partial charge in [0.05, 0.1) is 0 Å². The van der Waals surface area contributed by atoms with E-state index in [1.54, 1.807) is 7.11 Å². The molecular weight excluding hydrogens is 533 g/mol. The van der Waals surface area contributed by atoms with Gasteiger partial charge in [-0.15, -0.1) is 0 Å². The van der Waals surface area contributed by atoms with Crippen molar-refractivity contribution in [3.63, 3.8) is 0 Å². The fourth-order valence-electron chi connectivity index (χ4n) is 5.74. The van der Waals surface area contributed by atoms with E-state index < -0.39 is 0 Å². The van der Waals surface area contributed by atoms with Crippen molar-refractivity contribution < 1.29 is 9.47 Å². The fraction of sp³-hybridized carbons (Fsp3) is 0.368. The first-order valence-corrected chi connectivity index (χ1v) is 16.1. The maximum Gasteiger partial charge on any atom is 0.188 e. The van der Waals surface area contributed by atoms with Crippen molar-refractivity contribution in [1.82, 2.24) is 0 Å². The Morgan fingerprint density at radius 2 is 1.33 bits per heavy atom. The van der Waals surface area contributed by atoms with Crippen LogP contribution in [-0.2, 0) is 21.9 Å². The molecule has 0 N–H and O–H groups in total. The highest BCUT2D eigenvalue weighted by Crippen LogP contribution is 2.52. The fourth-order valence-corrected chi connectivity index (χ4v) is 7.50. The van der Waals surface area contributed by atoms with E-state index >= 15 is 0 Å². The summed E-state index contributed by atoms with van der Waals surface area (Å²) in [6, 6.07) is 33.0. The Morgan fingerprint density at radius 3 is 1.86 bits per heavy atom. The van der Waals surface area contributed by atoms with E-state index in [0.717, 1.165) is 25.1 Å². The van der Waals surface area contributed by atoms with Gasteiger partial charge in [-0.1, -0.05) is 110 Å². The third kappa shape index (κ3) is 7.08. The molecule has 0 radical (unpaired) electrons. The number of aryl methyl sites for hydroxylation is 2. The van der Waals surface area contributed by atoms with Crippen LogP contribution in [0.3, 0.4) is 0 Å². The first-order chi connectivity index (χ1) is 20.1. The average Bonchev–Trinajstić information content (AvgIpc) is 2.99.